The second-order valence-electron chi connectivity index (χ2n) is 6.28. The van der Waals surface area contributed by atoms with Crippen molar-refractivity contribution in [2.24, 2.45) is 0 Å². The number of halogens is 1. The van der Waals surface area contributed by atoms with E-state index >= 15 is 0 Å². The Balaban J connectivity index is 0.00000225. The van der Waals surface area contributed by atoms with Gasteiger partial charge in [-0.05, 0) is 7.05 Å². The fraction of sp³-hybridized carbons (Fsp3) is 0.688. The SMILES string of the molecule is CN1CCN(C(=O)CNCc2cnc(N3CCOCC3)nc2)CC1.Cl. The Bertz CT molecular complexity index is 530. The first-order valence-corrected chi connectivity index (χ1v) is 8.53. The maximum atomic E-state index is 12.2. The van der Waals surface area contributed by atoms with E-state index in [-0.39, 0.29) is 18.3 Å². The molecule has 1 aromatic heterocycles. The number of rotatable bonds is 5. The molecule has 0 saturated carbocycles. The first kappa shape index (κ1) is 19.8. The molecule has 0 bridgehead atoms. The van der Waals surface area contributed by atoms with Gasteiger partial charge in [0.15, 0.2) is 0 Å². The predicted molar refractivity (Wildman–Crippen MR) is 98.1 cm³/mol. The van der Waals surface area contributed by atoms with Crippen LogP contribution in [-0.4, -0.2) is 91.7 Å². The highest BCUT2D eigenvalue weighted by molar-refractivity contribution is 5.85. The van der Waals surface area contributed by atoms with E-state index in [1.165, 1.54) is 0 Å². The van der Waals surface area contributed by atoms with Gasteiger partial charge in [0.05, 0.1) is 19.8 Å². The molecule has 3 heterocycles. The van der Waals surface area contributed by atoms with Crippen LogP contribution < -0.4 is 10.2 Å². The molecule has 0 spiro atoms. The fourth-order valence-electron chi connectivity index (χ4n) is 2.85. The highest BCUT2D eigenvalue weighted by Gasteiger charge is 2.18. The van der Waals surface area contributed by atoms with Gasteiger partial charge in [-0.15, -0.1) is 12.4 Å². The number of carbonyl (C=O) groups is 1. The molecule has 25 heavy (non-hydrogen) atoms. The van der Waals surface area contributed by atoms with E-state index in [4.69, 9.17) is 4.74 Å². The molecule has 2 fully saturated rings. The smallest absolute Gasteiger partial charge is 0.236 e. The van der Waals surface area contributed by atoms with E-state index in [9.17, 15) is 4.79 Å². The summed E-state index contributed by atoms with van der Waals surface area (Å²) in [5, 5.41) is 3.19. The molecule has 0 unspecified atom stereocenters. The molecule has 0 radical (unpaired) electrons. The zero-order chi connectivity index (χ0) is 16.8. The lowest BCUT2D eigenvalue weighted by Gasteiger charge is -2.32. The average Bonchev–Trinajstić information content (AvgIpc) is 2.63. The number of aromatic nitrogens is 2. The molecule has 140 valence electrons. The van der Waals surface area contributed by atoms with Crippen LogP contribution in [0.1, 0.15) is 5.56 Å². The van der Waals surface area contributed by atoms with Crippen LogP contribution in [0.25, 0.3) is 0 Å². The molecule has 1 N–H and O–H groups in total. The lowest BCUT2D eigenvalue weighted by Crippen LogP contribution is -2.49. The van der Waals surface area contributed by atoms with E-state index in [0.717, 1.165) is 64.0 Å². The van der Waals surface area contributed by atoms with Gasteiger partial charge in [-0.25, -0.2) is 9.97 Å². The number of anilines is 1. The summed E-state index contributed by atoms with van der Waals surface area (Å²) in [6.45, 7) is 7.59. The van der Waals surface area contributed by atoms with Crippen LogP contribution in [0.4, 0.5) is 5.95 Å². The quantitative estimate of drug-likeness (QED) is 0.755. The van der Waals surface area contributed by atoms with Crippen LogP contribution in [0.3, 0.4) is 0 Å². The molecule has 8 nitrogen and oxygen atoms in total. The summed E-state index contributed by atoms with van der Waals surface area (Å²) in [5.74, 6) is 0.907. The number of likely N-dealkylation sites (N-methyl/N-ethyl adjacent to an activating group) is 1. The minimum absolute atomic E-state index is 0. The van der Waals surface area contributed by atoms with E-state index in [1.807, 2.05) is 17.3 Å². The van der Waals surface area contributed by atoms with Gasteiger partial charge in [-0.1, -0.05) is 0 Å². The van der Waals surface area contributed by atoms with Crippen molar-refractivity contribution < 1.29 is 9.53 Å². The maximum absolute atomic E-state index is 12.2. The summed E-state index contributed by atoms with van der Waals surface area (Å²) in [5.41, 5.74) is 0.984. The standard InChI is InChI=1S/C16H26N6O2.ClH/c1-20-2-4-21(5-3-20)15(23)13-17-10-14-11-18-16(19-12-14)22-6-8-24-9-7-22;/h11-12,17H,2-10,13H2,1H3;1H. The lowest BCUT2D eigenvalue weighted by atomic mass is 10.3. The third-order valence-electron chi connectivity index (χ3n) is 4.45. The van der Waals surface area contributed by atoms with Crippen molar-refractivity contribution in [1.29, 1.82) is 0 Å². The van der Waals surface area contributed by atoms with Crippen molar-refractivity contribution in [2.75, 3.05) is 71.0 Å². The van der Waals surface area contributed by atoms with Crippen molar-refractivity contribution in [3.8, 4) is 0 Å². The van der Waals surface area contributed by atoms with Gasteiger partial charge in [0.25, 0.3) is 0 Å². The van der Waals surface area contributed by atoms with Crippen molar-refractivity contribution in [3.05, 3.63) is 18.0 Å². The molecule has 1 amide bonds. The Kier molecular flexibility index (Phi) is 7.83. The molecule has 1 aromatic rings. The fourth-order valence-corrected chi connectivity index (χ4v) is 2.85. The number of hydrogen-bond donors (Lipinski definition) is 1. The molecule has 0 atom stereocenters. The van der Waals surface area contributed by atoms with Crippen LogP contribution in [-0.2, 0) is 16.1 Å². The minimum Gasteiger partial charge on any atom is -0.378 e. The van der Waals surface area contributed by atoms with Crippen LogP contribution in [0.2, 0.25) is 0 Å². The highest BCUT2D eigenvalue weighted by Crippen LogP contribution is 2.09. The number of amides is 1. The van der Waals surface area contributed by atoms with Crippen molar-refractivity contribution in [1.82, 2.24) is 25.1 Å². The van der Waals surface area contributed by atoms with Crippen LogP contribution in [0.15, 0.2) is 12.4 Å². The second kappa shape index (κ2) is 9.86. The first-order chi connectivity index (χ1) is 11.7. The van der Waals surface area contributed by atoms with E-state index in [2.05, 4.69) is 32.1 Å². The Morgan fingerprint density at radius 3 is 2.40 bits per heavy atom. The Morgan fingerprint density at radius 1 is 1.12 bits per heavy atom. The zero-order valence-electron chi connectivity index (χ0n) is 14.7. The lowest BCUT2D eigenvalue weighted by molar-refractivity contribution is -0.131. The van der Waals surface area contributed by atoms with Crippen LogP contribution in [0, 0.1) is 0 Å². The Hall–Kier alpha value is -1.48. The summed E-state index contributed by atoms with van der Waals surface area (Å²) >= 11 is 0. The number of carbonyl (C=O) groups excluding carboxylic acids is 1. The normalized spacial score (nSPS) is 18.8. The topological polar surface area (TPSA) is 73.8 Å². The van der Waals surface area contributed by atoms with Crippen LogP contribution >= 0.6 is 12.4 Å². The van der Waals surface area contributed by atoms with Gasteiger partial charge < -0.3 is 24.8 Å². The molecule has 2 saturated heterocycles. The number of piperazine rings is 1. The number of morpholine rings is 1. The predicted octanol–water partition coefficient (Wildman–Crippen LogP) is -0.401. The van der Waals surface area contributed by atoms with Gasteiger partial charge in [0.1, 0.15) is 0 Å². The number of nitrogens with one attached hydrogen (secondary N) is 1. The molecular weight excluding hydrogens is 344 g/mol. The molecule has 2 aliphatic heterocycles. The first-order valence-electron chi connectivity index (χ1n) is 8.53. The minimum atomic E-state index is 0. The zero-order valence-corrected chi connectivity index (χ0v) is 15.5. The molecular formula is C16H27ClN6O2. The summed E-state index contributed by atoms with van der Waals surface area (Å²) in [4.78, 5) is 27.3. The molecule has 3 rings (SSSR count). The summed E-state index contributed by atoms with van der Waals surface area (Å²) < 4.78 is 5.33. The number of hydrogen-bond acceptors (Lipinski definition) is 7. The molecule has 0 aromatic carbocycles. The van der Waals surface area contributed by atoms with E-state index < -0.39 is 0 Å². The third kappa shape index (κ3) is 5.78. The molecule has 9 heteroatoms. The molecule has 0 aliphatic carbocycles. The summed E-state index contributed by atoms with van der Waals surface area (Å²) in [6.07, 6.45) is 3.65. The van der Waals surface area contributed by atoms with Gasteiger partial charge >= 0.3 is 0 Å². The number of nitrogens with zero attached hydrogens (tertiary/aromatic N) is 5. The highest BCUT2D eigenvalue weighted by atomic mass is 35.5. The van der Waals surface area contributed by atoms with Gasteiger partial charge in [-0.3, -0.25) is 4.79 Å². The third-order valence-corrected chi connectivity index (χ3v) is 4.45. The Morgan fingerprint density at radius 2 is 1.76 bits per heavy atom. The van der Waals surface area contributed by atoms with Crippen LogP contribution in [0.5, 0.6) is 0 Å². The summed E-state index contributed by atoms with van der Waals surface area (Å²) in [7, 11) is 2.08. The number of ether oxygens (including phenoxy) is 1. The van der Waals surface area contributed by atoms with E-state index in [0.29, 0.717) is 13.1 Å². The van der Waals surface area contributed by atoms with Crippen molar-refractivity contribution in [3.63, 3.8) is 0 Å². The maximum Gasteiger partial charge on any atom is 0.236 e. The summed E-state index contributed by atoms with van der Waals surface area (Å²) in [6, 6.07) is 0. The molecule has 2 aliphatic rings. The monoisotopic (exact) mass is 370 g/mol. The second-order valence-corrected chi connectivity index (χ2v) is 6.28. The average molecular weight is 371 g/mol. The van der Waals surface area contributed by atoms with E-state index in [1.54, 1.807) is 0 Å². The van der Waals surface area contributed by atoms with Crippen molar-refractivity contribution >= 4 is 24.3 Å². The van der Waals surface area contributed by atoms with Gasteiger partial charge in [0.2, 0.25) is 11.9 Å². The van der Waals surface area contributed by atoms with Gasteiger partial charge in [-0.2, -0.15) is 0 Å². The Labute approximate surface area is 154 Å². The van der Waals surface area contributed by atoms with Crippen molar-refractivity contribution in [2.45, 2.75) is 6.54 Å². The van der Waals surface area contributed by atoms with Gasteiger partial charge in [0, 0.05) is 63.8 Å². The largest absolute Gasteiger partial charge is 0.378 e.